The summed E-state index contributed by atoms with van der Waals surface area (Å²) in [7, 11) is 1.69. The van der Waals surface area contributed by atoms with E-state index in [1.807, 2.05) is 12.1 Å². The molecular formula is C17H19NO. The molecule has 0 radical (unpaired) electrons. The van der Waals surface area contributed by atoms with E-state index in [4.69, 9.17) is 4.74 Å². The second-order valence-corrected chi connectivity index (χ2v) is 5.17. The molecule has 2 heteroatoms. The monoisotopic (exact) mass is 253 g/mol. The molecule has 2 nitrogen and oxygen atoms in total. The zero-order valence-corrected chi connectivity index (χ0v) is 11.4. The van der Waals surface area contributed by atoms with Gasteiger partial charge in [-0.1, -0.05) is 23.8 Å². The fourth-order valence-electron chi connectivity index (χ4n) is 2.76. The Hall–Kier alpha value is -1.96. The molecule has 0 aliphatic heterocycles. The van der Waals surface area contributed by atoms with Gasteiger partial charge in [0.1, 0.15) is 5.75 Å². The molecule has 0 amide bonds. The largest absolute Gasteiger partial charge is 0.497 e. The summed E-state index contributed by atoms with van der Waals surface area (Å²) in [5.74, 6) is 0.896. The Morgan fingerprint density at radius 3 is 2.63 bits per heavy atom. The molecule has 0 bridgehead atoms. The lowest BCUT2D eigenvalue weighted by Gasteiger charge is -2.16. The van der Waals surface area contributed by atoms with Crippen LogP contribution in [0.15, 0.2) is 42.5 Å². The van der Waals surface area contributed by atoms with Crippen LogP contribution < -0.4 is 10.1 Å². The Bertz CT molecular complexity index is 574. The molecule has 0 fully saturated rings. The minimum atomic E-state index is 0.434. The molecule has 2 aromatic rings. The molecule has 2 aromatic carbocycles. The van der Waals surface area contributed by atoms with Crippen molar-refractivity contribution in [2.45, 2.75) is 25.8 Å². The first kappa shape index (κ1) is 12.1. The summed E-state index contributed by atoms with van der Waals surface area (Å²) in [4.78, 5) is 0. The minimum absolute atomic E-state index is 0.434. The summed E-state index contributed by atoms with van der Waals surface area (Å²) in [6.45, 7) is 2.16. The van der Waals surface area contributed by atoms with Crippen LogP contribution in [0.5, 0.6) is 5.75 Å². The van der Waals surface area contributed by atoms with E-state index in [0.29, 0.717) is 6.04 Å². The lowest BCUT2D eigenvalue weighted by Crippen LogP contribution is -2.07. The number of benzene rings is 2. The van der Waals surface area contributed by atoms with Gasteiger partial charge >= 0.3 is 0 Å². The summed E-state index contributed by atoms with van der Waals surface area (Å²) in [6.07, 6.45) is 2.34. The molecule has 1 unspecified atom stereocenters. The molecule has 0 saturated heterocycles. The fourth-order valence-corrected chi connectivity index (χ4v) is 2.76. The van der Waals surface area contributed by atoms with Crippen molar-refractivity contribution < 1.29 is 4.74 Å². The number of hydrogen-bond acceptors (Lipinski definition) is 2. The number of aryl methyl sites for hydroxylation is 2. The predicted octanol–water partition coefficient (Wildman–Crippen LogP) is 4.10. The summed E-state index contributed by atoms with van der Waals surface area (Å²) in [5.41, 5.74) is 5.43. The summed E-state index contributed by atoms with van der Waals surface area (Å²) in [6, 6.07) is 15.4. The van der Waals surface area contributed by atoms with E-state index in [0.717, 1.165) is 11.4 Å². The molecule has 0 heterocycles. The molecular weight excluding hydrogens is 234 g/mol. The zero-order valence-electron chi connectivity index (χ0n) is 11.4. The lowest BCUT2D eigenvalue weighted by atomic mass is 10.0. The molecule has 1 aliphatic rings. The minimum Gasteiger partial charge on any atom is -0.497 e. The number of fused-ring (bicyclic) bond motifs is 1. The zero-order chi connectivity index (χ0) is 13.2. The fraction of sp³-hybridized carbons (Fsp3) is 0.294. The van der Waals surface area contributed by atoms with E-state index in [-0.39, 0.29) is 0 Å². The number of nitrogens with one attached hydrogen (secondary N) is 1. The quantitative estimate of drug-likeness (QED) is 0.889. The Labute approximate surface area is 114 Å². The van der Waals surface area contributed by atoms with Gasteiger partial charge in [0.2, 0.25) is 0 Å². The third-order valence-corrected chi connectivity index (χ3v) is 3.81. The number of hydrogen-bond donors (Lipinski definition) is 1. The van der Waals surface area contributed by atoms with Gasteiger partial charge < -0.3 is 10.1 Å². The molecule has 3 rings (SSSR count). The van der Waals surface area contributed by atoms with Crippen LogP contribution in [-0.2, 0) is 6.42 Å². The summed E-state index contributed by atoms with van der Waals surface area (Å²) >= 11 is 0. The van der Waals surface area contributed by atoms with Gasteiger partial charge in [-0.05, 0) is 55.2 Å². The van der Waals surface area contributed by atoms with Crippen LogP contribution in [0.3, 0.4) is 0 Å². The molecule has 1 atom stereocenters. The van der Waals surface area contributed by atoms with Crippen LogP contribution in [0.2, 0.25) is 0 Å². The van der Waals surface area contributed by atoms with Crippen molar-refractivity contribution in [1.29, 1.82) is 0 Å². The second-order valence-electron chi connectivity index (χ2n) is 5.17. The molecule has 1 N–H and O–H groups in total. The summed E-state index contributed by atoms with van der Waals surface area (Å²) in [5, 5.41) is 3.62. The maximum absolute atomic E-state index is 5.18. The third-order valence-electron chi connectivity index (χ3n) is 3.81. The van der Waals surface area contributed by atoms with Crippen molar-refractivity contribution in [3.63, 3.8) is 0 Å². The lowest BCUT2D eigenvalue weighted by molar-refractivity contribution is 0.415. The number of rotatable bonds is 3. The smallest absolute Gasteiger partial charge is 0.119 e. The van der Waals surface area contributed by atoms with Crippen molar-refractivity contribution in [3.8, 4) is 5.75 Å². The summed E-state index contributed by atoms with van der Waals surface area (Å²) < 4.78 is 5.18. The Morgan fingerprint density at radius 1 is 1.11 bits per heavy atom. The highest BCUT2D eigenvalue weighted by Gasteiger charge is 2.22. The van der Waals surface area contributed by atoms with E-state index in [1.165, 1.54) is 29.5 Å². The Balaban J connectivity index is 1.80. The third kappa shape index (κ3) is 2.43. The van der Waals surface area contributed by atoms with Gasteiger partial charge in [0, 0.05) is 5.69 Å². The SMILES string of the molecule is COc1ccc(NC2CCc3ccc(C)cc32)cc1. The van der Waals surface area contributed by atoms with Gasteiger partial charge in [0.15, 0.2) is 0 Å². The highest BCUT2D eigenvalue weighted by Crippen LogP contribution is 2.34. The maximum atomic E-state index is 5.18. The van der Waals surface area contributed by atoms with Gasteiger partial charge in [0.25, 0.3) is 0 Å². The van der Waals surface area contributed by atoms with Crippen LogP contribution in [0.1, 0.15) is 29.2 Å². The average molecular weight is 253 g/mol. The number of anilines is 1. The van der Waals surface area contributed by atoms with Crippen molar-refractivity contribution in [1.82, 2.24) is 0 Å². The van der Waals surface area contributed by atoms with E-state index in [1.54, 1.807) is 7.11 Å². The van der Waals surface area contributed by atoms with Gasteiger partial charge in [-0.2, -0.15) is 0 Å². The van der Waals surface area contributed by atoms with Crippen LogP contribution in [0, 0.1) is 6.92 Å². The molecule has 0 saturated carbocycles. The highest BCUT2D eigenvalue weighted by atomic mass is 16.5. The van der Waals surface area contributed by atoms with Crippen LogP contribution in [0.4, 0.5) is 5.69 Å². The number of methoxy groups -OCH3 is 1. The Morgan fingerprint density at radius 2 is 1.89 bits per heavy atom. The van der Waals surface area contributed by atoms with E-state index in [2.05, 4.69) is 42.6 Å². The standard InChI is InChI=1S/C17H19NO/c1-12-3-4-13-5-10-17(16(13)11-12)18-14-6-8-15(19-2)9-7-14/h3-4,6-9,11,17-18H,5,10H2,1-2H3. The molecule has 0 aromatic heterocycles. The van der Waals surface area contributed by atoms with Gasteiger partial charge in [-0.15, -0.1) is 0 Å². The highest BCUT2D eigenvalue weighted by molar-refractivity contribution is 5.50. The molecule has 19 heavy (non-hydrogen) atoms. The van der Waals surface area contributed by atoms with Gasteiger partial charge in [-0.25, -0.2) is 0 Å². The first-order valence-electron chi connectivity index (χ1n) is 6.76. The molecule has 1 aliphatic carbocycles. The van der Waals surface area contributed by atoms with Crippen molar-refractivity contribution in [3.05, 3.63) is 59.2 Å². The second kappa shape index (κ2) is 4.96. The van der Waals surface area contributed by atoms with Crippen molar-refractivity contribution in [2.24, 2.45) is 0 Å². The van der Waals surface area contributed by atoms with Crippen LogP contribution in [-0.4, -0.2) is 7.11 Å². The average Bonchev–Trinajstić information content (AvgIpc) is 2.82. The van der Waals surface area contributed by atoms with E-state index >= 15 is 0 Å². The normalized spacial score (nSPS) is 17.1. The van der Waals surface area contributed by atoms with Gasteiger partial charge in [0.05, 0.1) is 13.2 Å². The number of ether oxygens (including phenoxy) is 1. The van der Waals surface area contributed by atoms with E-state index in [9.17, 15) is 0 Å². The van der Waals surface area contributed by atoms with Crippen molar-refractivity contribution in [2.75, 3.05) is 12.4 Å². The first-order chi connectivity index (χ1) is 9.26. The van der Waals surface area contributed by atoms with E-state index < -0.39 is 0 Å². The predicted molar refractivity (Wildman–Crippen MR) is 78.9 cm³/mol. The topological polar surface area (TPSA) is 21.3 Å². The maximum Gasteiger partial charge on any atom is 0.119 e. The first-order valence-corrected chi connectivity index (χ1v) is 6.76. The Kier molecular flexibility index (Phi) is 3.16. The molecule has 0 spiro atoms. The van der Waals surface area contributed by atoms with Crippen LogP contribution >= 0.6 is 0 Å². The molecule has 98 valence electrons. The van der Waals surface area contributed by atoms with Crippen LogP contribution in [0.25, 0.3) is 0 Å². The van der Waals surface area contributed by atoms with Gasteiger partial charge in [-0.3, -0.25) is 0 Å². The van der Waals surface area contributed by atoms with Crippen molar-refractivity contribution >= 4 is 5.69 Å².